The Kier molecular flexibility index (Phi) is 2.47. The summed E-state index contributed by atoms with van der Waals surface area (Å²) >= 11 is 0. The van der Waals surface area contributed by atoms with E-state index < -0.39 is 0 Å². The van der Waals surface area contributed by atoms with E-state index >= 15 is 0 Å². The number of nitrogens with one attached hydrogen (secondary N) is 2. The van der Waals surface area contributed by atoms with Gasteiger partial charge in [-0.1, -0.05) is 0 Å². The Balaban J connectivity index is 2.07. The number of H-pyrrole nitrogens is 1. The maximum atomic E-state index is 10.9. The third kappa shape index (κ3) is 1.91. The van der Waals surface area contributed by atoms with Gasteiger partial charge in [0.2, 0.25) is 0 Å². The molecule has 2 heterocycles. The predicted molar refractivity (Wildman–Crippen MR) is 51.1 cm³/mol. The molecule has 2 atom stereocenters. The minimum atomic E-state index is -0.185. The molecule has 2 rings (SSSR count). The van der Waals surface area contributed by atoms with Crippen molar-refractivity contribution in [1.82, 2.24) is 9.97 Å². The van der Waals surface area contributed by atoms with E-state index in [0.29, 0.717) is 19.0 Å². The van der Waals surface area contributed by atoms with Gasteiger partial charge in [-0.3, -0.25) is 4.79 Å². The second-order valence-corrected chi connectivity index (χ2v) is 3.25. The molecule has 1 aromatic rings. The lowest BCUT2D eigenvalue weighted by molar-refractivity contribution is 0.192. The summed E-state index contributed by atoms with van der Waals surface area (Å²) in [6.45, 7) is 1.09. The molecule has 4 N–H and O–H groups in total. The Labute approximate surface area is 80.5 Å². The van der Waals surface area contributed by atoms with Gasteiger partial charge in [0.25, 0.3) is 5.56 Å². The van der Waals surface area contributed by atoms with Gasteiger partial charge in [0.05, 0.1) is 31.6 Å². The highest BCUT2D eigenvalue weighted by Gasteiger charge is 2.24. The van der Waals surface area contributed by atoms with E-state index in [4.69, 9.17) is 10.5 Å². The van der Waals surface area contributed by atoms with Crippen LogP contribution < -0.4 is 16.6 Å². The molecule has 1 aliphatic rings. The number of anilines is 1. The number of hydrogen-bond donors (Lipinski definition) is 3. The normalized spacial score (nSPS) is 26.4. The van der Waals surface area contributed by atoms with Gasteiger partial charge in [-0.05, 0) is 0 Å². The topological polar surface area (TPSA) is 93.0 Å². The van der Waals surface area contributed by atoms with Gasteiger partial charge in [0.1, 0.15) is 5.82 Å². The Morgan fingerprint density at radius 2 is 2.50 bits per heavy atom. The van der Waals surface area contributed by atoms with Gasteiger partial charge in [-0.2, -0.15) is 0 Å². The molecule has 76 valence electrons. The predicted octanol–water partition coefficient (Wildman–Crippen LogP) is -1.09. The molecule has 1 aliphatic heterocycles. The minimum Gasteiger partial charge on any atom is -0.378 e. The zero-order chi connectivity index (χ0) is 9.97. The fourth-order valence-electron chi connectivity index (χ4n) is 1.36. The van der Waals surface area contributed by atoms with Crippen molar-refractivity contribution < 1.29 is 4.74 Å². The van der Waals surface area contributed by atoms with Crippen LogP contribution in [0.1, 0.15) is 0 Å². The molecule has 1 aromatic heterocycles. The summed E-state index contributed by atoms with van der Waals surface area (Å²) in [6.07, 6.45) is 1.35. The Bertz CT molecular complexity index is 364. The molecule has 0 radical (unpaired) electrons. The van der Waals surface area contributed by atoms with Crippen molar-refractivity contribution in [3.63, 3.8) is 0 Å². The summed E-state index contributed by atoms with van der Waals surface area (Å²) in [6, 6.07) is 1.38. The van der Waals surface area contributed by atoms with Crippen molar-refractivity contribution in [2.45, 2.75) is 12.1 Å². The Hall–Kier alpha value is -1.40. The molecule has 0 amide bonds. The van der Waals surface area contributed by atoms with Crippen LogP contribution in [-0.2, 0) is 4.74 Å². The van der Waals surface area contributed by atoms with Gasteiger partial charge in [0, 0.05) is 6.07 Å². The molecule has 6 heteroatoms. The highest BCUT2D eigenvalue weighted by Crippen LogP contribution is 2.08. The second kappa shape index (κ2) is 3.77. The van der Waals surface area contributed by atoms with Crippen LogP contribution in [0.4, 0.5) is 5.82 Å². The van der Waals surface area contributed by atoms with Gasteiger partial charge >= 0.3 is 0 Å². The molecule has 14 heavy (non-hydrogen) atoms. The lowest BCUT2D eigenvalue weighted by atomic mass is 10.2. The van der Waals surface area contributed by atoms with Crippen LogP contribution in [0, 0.1) is 0 Å². The molecule has 0 aromatic carbocycles. The van der Waals surface area contributed by atoms with Crippen LogP contribution in [0.2, 0.25) is 0 Å². The first kappa shape index (κ1) is 9.17. The van der Waals surface area contributed by atoms with Crippen molar-refractivity contribution in [3.05, 3.63) is 22.7 Å². The first-order valence-electron chi connectivity index (χ1n) is 4.40. The summed E-state index contributed by atoms with van der Waals surface area (Å²) in [5.41, 5.74) is 5.58. The highest BCUT2D eigenvalue weighted by atomic mass is 16.5. The second-order valence-electron chi connectivity index (χ2n) is 3.25. The van der Waals surface area contributed by atoms with E-state index in [2.05, 4.69) is 15.3 Å². The van der Waals surface area contributed by atoms with Gasteiger partial charge < -0.3 is 20.8 Å². The first-order chi connectivity index (χ1) is 6.75. The van der Waals surface area contributed by atoms with Crippen LogP contribution in [0.25, 0.3) is 0 Å². The van der Waals surface area contributed by atoms with Crippen LogP contribution >= 0.6 is 0 Å². The maximum absolute atomic E-state index is 10.9. The summed E-state index contributed by atoms with van der Waals surface area (Å²) in [7, 11) is 0. The fraction of sp³-hybridized carbons (Fsp3) is 0.500. The minimum absolute atomic E-state index is 0.0318. The standard InChI is InChI=1S/C8H12N4O2/c9-5-2-14-3-6(5)12-7-1-8(13)11-4-10-7/h1,4-6H,2-3,9H2,(H2,10,11,12,13). The number of nitrogens with two attached hydrogens (primary N) is 1. The van der Waals surface area contributed by atoms with E-state index in [-0.39, 0.29) is 17.6 Å². The van der Waals surface area contributed by atoms with Gasteiger partial charge in [-0.15, -0.1) is 0 Å². The van der Waals surface area contributed by atoms with Gasteiger partial charge in [0.15, 0.2) is 0 Å². The number of aromatic nitrogens is 2. The quantitative estimate of drug-likeness (QED) is 0.558. The largest absolute Gasteiger partial charge is 0.378 e. The lowest BCUT2D eigenvalue weighted by Gasteiger charge is -2.14. The van der Waals surface area contributed by atoms with Crippen molar-refractivity contribution in [2.24, 2.45) is 5.73 Å². The maximum Gasteiger partial charge on any atom is 0.252 e. The smallest absolute Gasteiger partial charge is 0.252 e. The zero-order valence-electron chi connectivity index (χ0n) is 7.56. The van der Waals surface area contributed by atoms with Crippen molar-refractivity contribution in [3.8, 4) is 0 Å². The average molecular weight is 196 g/mol. The van der Waals surface area contributed by atoms with Crippen LogP contribution in [0.3, 0.4) is 0 Å². The highest BCUT2D eigenvalue weighted by molar-refractivity contribution is 5.34. The molecule has 1 fully saturated rings. The molecule has 0 spiro atoms. The molecule has 6 nitrogen and oxygen atoms in total. The number of ether oxygens (including phenoxy) is 1. The third-order valence-corrected chi connectivity index (χ3v) is 2.14. The first-order valence-corrected chi connectivity index (χ1v) is 4.40. The summed E-state index contributed by atoms with van der Waals surface area (Å²) in [5, 5.41) is 3.05. The molecular formula is C8H12N4O2. The van der Waals surface area contributed by atoms with Crippen LogP contribution in [0.5, 0.6) is 0 Å². The van der Waals surface area contributed by atoms with Crippen LogP contribution in [0.15, 0.2) is 17.2 Å². The lowest BCUT2D eigenvalue weighted by Crippen LogP contribution is -2.39. The Morgan fingerprint density at radius 1 is 1.64 bits per heavy atom. The van der Waals surface area contributed by atoms with Crippen molar-refractivity contribution in [2.75, 3.05) is 18.5 Å². The number of hydrogen-bond acceptors (Lipinski definition) is 5. The van der Waals surface area contributed by atoms with E-state index in [1.54, 1.807) is 0 Å². The molecule has 2 unspecified atom stereocenters. The van der Waals surface area contributed by atoms with Crippen molar-refractivity contribution in [1.29, 1.82) is 0 Å². The van der Waals surface area contributed by atoms with E-state index in [1.165, 1.54) is 12.4 Å². The average Bonchev–Trinajstić information content (AvgIpc) is 2.52. The summed E-state index contributed by atoms with van der Waals surface area (Å²) in [5.74, 6) is 0.528. The van der Waals surface area contributed by atoms with E-state index in [0.717, 1.165) is 0 Å². The number of aromatic amines is 1. The Morgan fingerprint density at radius 3 is 3.14 bits per heavy atom. The molecule has 1 saturated heterocycles. The summed E-state index contributed by atoms with van der Waals surface area (Å²) in [4.78, 5) is 17.3. The number of nitrogens with zero attached hydrogens (tertiary/aromatic N) is 1. The van der Waals surface area contributed by atoms with Crippen molar-refractivity contribution >= 4 is 5.82 Å². The van der Waals surface area contributed by atoms with Crippen LogP contribution in [-0.4, -0.2) is 35.3 Å². The zero-order valence-corrected chi connectivity index (χ0v) is 7.56. The number of rotatable bonds is 2. The van der Waals surface area contributed by atoms with Gasteiger partial charge in [-0.25, -0.2) is 4.98 Å². The molecule has 0 saturated carbocycles. The molecular weight excluding hydrogens is 184 g/mol. The fourth-order valence-corrected chi connectivity index (χ4v) is 1.36. The summed E-state index contributed by atoms with van der Waals surface area (Å²) < 4.78 is 5.17. The molecule has 0 aliphatic carbocycles. The monoisotopic (exact) mass is 196 g/mol. The SMILES string of the molecule is NC1COCC1Nc1cc(=O)[nH]cn1. The van der Waals surface area contributed by atoms with E-state index in [9.17, 15) is 4.79 Å². The van der Waals surface area contributed by atoms with E-state index in [1.807, 2.05) is 0 Å². The third-order valence-electron chi connectivity index (χ3n) is 2.14. The molecule has 0 bridgehead atoms.